The molecule has 0 fully saturated rings. The van der Waals surface area contributed by atoms with Crippen molar-refractivity contribution < 1.29 is 4.74 Å². The molecule has 0 amide bonds. The highest BCUT2D eigenvalue weighted by atomic mass is 32.1. The van der Waals surface area contributed by atoms with Crippen LogP contribution in [0.4, 0.5) is 11.4 Å². The van der Waals surface area contributed by atoms with Gasteiger partial charge in [0.05, 0.1) is 19.0 Å². The highest BCUT2D eigenvalue weighted by Crippen LogP contribution is 2.23. The van der Waals surface area contributed by atoms with Crippen molar-refractivity contribution in [3.63, 3.8) is 0 Å². The predicted octanol–water partition coefficient (Wildman–Crippen LogP) is 4.02. The lowest BCUT2D eigenvalue weighted by molar-refractivity contribution is 0.398. The third-order valence-electron chi connectivity index (χ3n) is 3.03. The molecule has 21 heavy (non-hydrogen) atoms. The van der Waals surface area contributed by atoms with Crippen molar-refractivity contribution in [2.24, 2.45) is 0 Å². The number of nitrogens with one attached hydrogen (secondary N) is 2. The molecular weight excluding hydrogens is 282 g/mol. The molecule has 5 heteroatoms. The minimum absolute atomic E-state index is 0.430. The maximum absolute atomic E-state index is 5.34. The number of thiocarbonyl (C=S) groups is 1. The van der Waals surface area contributed by atoms with E-state index in [1.165, 1.54) is 5.56 Å². The lowest BCUT2D eigenvalue weighted by Crippen LogP contribution is -2.20. The van der Waals surface area contributed by atoms with Gasteiger partial charge in [0, 0.05) is 11.8 Å². The normalized spacial score (nSPS) is 10.3. The molecule has 0 bridgehead atoms. The number of para-hydroxylation sites is 1. The molecule has 1 aromatic heterocycles. The Morgan fingerprint density at radius 3 is 2.52 bits per heavy atom. The Bertz CT molecular complexity index is 611. The quantitative estimate of drug-likeness (QED) is 0.835. The van der Waals surface area contributed by atoms with Gasteiger partial charge in [0.25, 0.3) is 0 Å². The first-order chi connectivity index (χ1) is 10.1. The van der Waals surface area contributed by atoms with Gasteiger partial charge in [0.1, 0.15) is 0 Å². The van der Waals surface area contributed by atoms with Crippen molar-refractivity contribution in [2.45, 2.75) is 19.8 Å². The molecule has 0 aliphatic heterocycles. The van der Waals surface area contributed by atoms with Gasteiger partial charge in [-0.2, -0.15) is 0 Å². The van der Waals surface area contributed by atoms with Crippen LogP contribution in [-0.4, -0.2) is 17.2 Å². The van der Waals surface area contributed by atoms with Gasteiger partial charge in [-0.3, -0.25) is 0 Å². The first-order valence-corrected chi connectivity index (χ1v) is 7.18. The molecule has 0 saturated heterocycles. The standard InChI is InChI=1S/C16H19N3OS/c1-11(2)13-6-4-5-7-14(13)19-16(21)18-12-8-9-15(20-3)17-10-12/h4-11H,1-3H3,(H2,18,19,21). The molecule has 1 heterocycles. The SMILES string of the molecule is COc1ccc(NC(=S)Nc2ccccc2C(C)C)cn1. The summed E-state index contributed by atoms with van der Waals surface area (Å²) < 4.78 is 5.02. The molecule has 0 saturated carbocycles. The first kappa shape index (κ1) is 15.3. The maximum atomic E-state index is 5.34. The molecule has 4 nitrogen and oxygen atoms in total. The van der Waals surface area contributed by atoms with Crippen molar-refractivity contribution in [1.82, 2.24) is 4.98 Å². The monoisotopic (exact) mass is 301 g/mol. The van der Waals surface area contributed by atoms with Crippen molar-refractivity contribution in [2.75, 3.05) is 17.7 Å². The zero-order valence-electron chi connectivity index (χ0n) is 12.4. The van der Waals surface area contributed by atoms with Crippen LogP contribution in [0.3, 0.4) is 0 Å². The molecule has 0 radical (unpaired) electrons. The summed E-state index contributed by atoms with van der Waals surface area (Å²) in [5.74, 6) is 1.00. The highest BCUT2D eigenvalue weighted by Gasteiger charge is 2.07. The summed E-state index contributed by atoms with van der Waals surface area (Å²) in [4.78, 5) is 4.13. The van der Waals surface area contributed by atoms with Gasteiger partial charge in [0.15, 0.2) is 5.11 Å². The van der Waals surface area contributed by atoms with E-state index in [4.69, 9.17) is 17.0 Å². The van der Waals surface area contributed by atoms with Gasteiger partial charge < -0.3 is 15.4 Å². The number of ether oxygens (including phenoxy) is 1. The predicted molar refractivity (Wildman–Crippen MR) is 91.2 cm³/mol. The van der Waals surface area contributed by atoms with E-state index in [-0.39, 0.29) is 0 Å². The van der Waals surface area contributed by atoms with Gasteiger partial charge in [-0.15, -0.1) is 0 Å². The number of methoxy groups -OCH3 is 1. The Hall–Kier alpha value is -2.14. The molecule has 0 aliphatic carbocycles. The van der Waals surface area contributed by atoms with Gasteiger partial charge in [-0.05, 0) is 35.8 Å². The summed E-state index contributed by atoms with van der Waals surface area (Å²) in [5.41, 5.74) is 3.07. The third-order valence-corrected chi connectivity index (χ3v) is 3.24. The van der Waals surface area contributed by atoms with E-state index in [0.717, 1.165) is 11.4 Å². The second-order valence-corrected chi connectivity index (χ2v) is 5.32. The number of anilines is 2. The molecule has 110 valence electrons. The largest absolute Gasteiger partial charge is 0.481 e. The molecule has 1 aromatic carbocycles. The van der Waals surface area contributed by atoms with Crippen LogP contribution in [0.2, 0.25) is 0 Å². The lowest BCUT2D eigenvalue weighted by atomic mass is 10.0. The Balaban J connectivity index is 2.04. The topological polar surface area (TPSA) is 46.2 Å². The van der Waals surface area contributed by atoms with Crippen LogP contribution in [0.25, 0.3) is 0 Å². The van der Waals surface area contributed by atoms with E-state index in [9.17, 15) is 0 Å². The molecule has 2 N–H and O–H groups in total. The molecule has 0 unspecified atom stereocenters. The second kappa shape index (κ2) is 7.04. The van der Waals surface area contributed by atoms with E-state index >= 15 is 0 Å². The van der Waals surface area contributed by atoms with Crippen LogP contribution in [0.1, 0.15) is 25.3 Å². The number of pyridine rings is 1. The number of nitrogens with zero attached hydrogens (tertiary/aromatic N) is 1. The third kappa shape index (κ3) is 4.16. The Kier molecular flexibility index (Phi) is 5.11. The summed E-state index contributed by atoms with van der Waals surface area (Å²) in [6.07, 6.45) is 1.68. The van der Waals surface area contributed by atoms with Crippen LogP contribution in [0.5, 0.6) is 5.88 Å². The van der Waals surface area contributed by atoms with Crippen LogP contribution >= 0.6 is 12.2 Å². The minimum Gasteiger partial charge on any atom is -0.481 e. The number of hydrogen-bond donors (Lipinski definition) is 2. The number of benzene rings is 1. The van der Waals surface area contributed by atoms with E-state index in [0.29, 0.717) is 16.9 Å². The van der Waals surface area contributed by atoms with Gasteiger partial charge in [-0.25, -0.2) is 4.98 Å². The first-order valence-electron chi connectivity index (χ1n) is 6.77. The van der Waals surface area contributed by atoms with Crippen LogP contribution < -0.4 is 15.4 Å². The van der Waals surface area contributed by atoms with Crippen LogP contribution in [0.15, 0.2) is 42.6 Å². The smallest absolute Gasteiger partial charge is 0.213 e. The number of rotatable bonds is 4. The molecule has 2 rings (SSSR count). The molecule has 0 spiro atoms. The van der Waals surface area contributed by atoms with Gasteiger partial charge >= 0.3 is 0 Å². The maximum Gasteiger partial charge on any atom is 0.213 e. The summed E-state index contributed by atoms with van der Waals surface area (Å²) in [6, 6.07) is 11.8. The number of hydrogen-bond acceptors (Lipinski definition) is 3. The second-order valence-electron chi connectivity index (χ2n) is 4.91. The van der Waals surface area contributed by atoms with Crippen LogP contribution in [0, 0.1) is 0 Å². The fraction of sp³-hybridized carbons (Fsp3) is 0.250. The molecule has 0 aliphatic rings. The molecular formula is C16H19N3OS. The van der Waals surface area contributed by atoms with Gasteiger partial charge in [-0.1, -0.05) is 32.0 Å². The zero-order chi connectivity index (χ0) is 15.2. The fourth-order valence-corrected chi connectivity index (χ4v) is 2.20. The van der Waals surface area contributed by atoms with E-state index in [2.05, 4.69) is 35.5 Å². The van der Waals surface area contributed by atoms with Crippen molar-refractivity contribution in [3.8, 4) is 5.88 Å². The lowest BCUT2D eigenvalue weighted by Gasteiger charge is -2.16. The fourth-order valence-electron chi connectivity index (χ4n) is 1.97. The van der Waals surface area contributed by atoms with E-state index in [1.807, 2.05) is 24.3 Å². The highest BCUT2D eigenvalue weighted by molar-refractivity contribution is 7.80. The molecule has 0 atom stereocenters. The van der Waals surface area contributed by atoms with E-state index in [1.54, 1.807) is 19.4 Å². The molecule has 2 aromatic rings. The minimum atomic E-state index is 0.430. The van der Waals surface area contributed by atoms with E-state index < -0.39 is 0 Å². The van der Waals surface area contributed by atoms with Crippen LogP contribution in [-0.2, 0) is 0 Å². The van der Waals surface area contributed by atoms with Crippen molar-refractivity contribution in [3.05, 3.63) is 48.2 Å². The Morgan fingerprint density at radius 2 is 1.90 bits per heavy atom. The summed E-state index contributed by atoms with van der Waals surface area (Å²) >= 11 is 5.34. The van der Waals surface area contributed by atoms with Crippen molar-refractivity contribution >= 4 is 28.7 Å². The van der Waals surface area contributed by atoms with Gasteiger partial charge in [0.2, 0.25) is 5.88 Å². The Morgan fingerprint density at radius 1 is 1.14 bits per heavy atom. The average Bonchev–Trinajstić information content (AvgIpc) is 2.48. The van der Waals surface area contributed by atoms with Crippen molar-refractivity contribution in [1.29, 1.82) is 0 Å². The number of aromatic nitrogens is 1. The zero-order valence-corrected chi connectivity index (χ0v) is 13.2. The summed E-state index contributed by atoms with van der Waals surface area (Å²) in [7, 11) is 1.59. The summed E-state index contributed by atoms with van der Waals surface area (Å²) in [5, 5.41) is 6.88. The summed E-state index contributed by atoms with van der Waals surface area (Å²) in [6.45, 7) is 4.31. The average molecular weight is 301 g/mol. The Labute approximate surface area is 130 Å².